The number of nitrogens with zero attached hydrogens (tertiary/aromatic N) is 1. The van der Waals surface area contributed by atoms with Crippen LogP contribution in [0.2, 0.25) is 0 Å². The first kappa shape index (κ1) is 13.9. The zero-order chi connectivity index (χ0) is 13.5. The van der Waals surface area contributed by atoms with Crippen molar-refractivity contribution in [3.8, 4) is 17.6 Å². The van der Waals surface area contributed by atoms with Gasteiger partial charge in [-0.15, -0.1) is 0 Å². The highest BCUT2D eigenvalue weighted by Gasteiger charge is 2.23. The summed E-state index contributed by atoms with van der Waals surface area (Å²) in [5, 5.41) is 8.68. The molecule has 2 atom stereocenters. The Morgan fingerprint density at radius 3 is 3.00 bits per heavy atom. The molecule has 0 bridgehead atoms. The Labute approximate surface area is 113 Å². The van der Waals surface area contributed by atoms with Crippen LogP contribution in [0, 0.1) is 11.8 Å². The van der Waals surface area contributed by atoms with Gasteiger partial charge in [0.2, 0.25) is 0 Å². The van der Waals surface area contributed by atoms with Crippen LogP contribution in [-0.4, -0.2) is 36.0 Å². The summed E-state index contributed by atoms with van der Waals surface area (Å²) in [5.74, 6) is 6.15. The standard InChI is InChI=1S/C15H19NO3/c1-18-13-5-2-6-14(9-13)19-15-8-12(4-3-7-17)10-16-11-15/h8,10-11,13-14,17H,2,5-7,9H2,1H3. The quantitative estimate of drug-likeness (QED) is 0.842. The first-order valence-corrected chi connectivity index (χ1v) is 6.56. The molecule has 102 valence electrons. The number of aliphatic hydroxyl groups is 1. The predicted molar refractivity (Wildman–Crippen MR) is 71.9 cm³/mol. The molecule has 4 heteroatoms. The highest BCUT2D eigenvalue weighted by atomic mass is 16.5. The van der Waals surface area contributed by atoms with Crippen LogP contribution in [0.25, 0.3) is 0 Å². The van der Waals surface area contributed by atoms with Crippen LogP contribution in [0.4, 0.5) is 0 Å². The monoisotopic (exact) mass is 261 g/mol. The van der Waals surface area contributed by atoms with Crippen molar-refractivity contribution in [2.75, 3.05) is 13.7 Å². The molecule has 1 aliphatic rings. The molecule has 0 saturated heterocycles. The van der Waals surface area contributed by atoms with Crippen LogP contribution in [-0.2, 0) is 4.74 Å². The summed E-state index contributed by atoms with van der Waals surface area (Å²) >= 11 is 0. The van der Waals surface area contributed by atoms with Crippen molar-refractivity contribution < 1.29 is 14.6 Å². The van der Waals surface area contributed by atoms with Gasteiger partial charge >= 0.3 is 0 Å². The van der Waals surface area contributed by atoms with Gasteiger partial charge in [-0.25, -0.2) is 0 Å². The minimum absolute atomic E-state index is 0.150. The largest absolute Gasteiger partial charge is 0.489 e. The van der Waals surface area contributed by atoms with E-state index >= 15 is 0 Å². The molecule has 4 nitrogen and oxygen atoms in total. The summed E-state index contributed by atoms with van der Waals surface area (Å²) in [6, 6.07) is 1.85. The van der Waals surface area contributed by atoms with Crippen LogP contribution in [0.1, 0.15) is 31.2 Å². The molecule has 0 radical (unpaired) electrons. The fraction of sp³-hybridized carbons (Fsp3) is 0.533. The van der Waals surface area contributed by atoms with Gasteiger partial charge in [0.25, 0.3) is 0 Å². The van der Waals surface area contributed by atoms with Crippen molar-refractivity contribution in [2.24, 2.45) is 0 Å². The molecule has 0 aliphatic heterocycles. The minimum atomic E-state index is -0.150. The average molecular weight is 261 g/mol. The van der Waals surface area contributed by atoms with Gasteiger partial charge in [-0.3, -0.25) is 4.98 Å². The average Bonchev–Trinajstić information content (AvgIpc) is 2.46. The van der Waals surface area contributed by atoms with Crippen molar-refractivity contribution >= 4 is 0 Å². The zero-order valence-electron chi connectivity index (χ0n) is 11.1. The summed E-state index contributed by atoms with van der Waals surface area (Å²) < 4.78 is 11.3. The van der Waals surface area contributed by atoms with E-state index in [1.165, 1.54) is 0 Å². The zero-order valence-corrected chi connectivity index (χ0v) is 11.1. The Morgan fingerprint density at radius 1 is 1.37 bits per heavy atom. The highest BCUT2D eigenvalue weighted by Crippen LogP contribution is 2.25. The second kappa shape index (κ2) is 7.13. The highest BCUT2D eigenvalue weighted by molar-refractivity contribution is 5.36. The molecular formula is C15H19NO3. The molecule has 1 heterocycles. The lowest BCUT2D eigenvalue weighted by Gasteiger charge is -2.28. The normalized spacial score (nSPS) is 22.4. The number of aromatic nitrogens is 1. The van der Waals surface area contributed by atoms with Crippen molar-refractivity contribution in [1.29, 1.82) is 0 Å². The topological polar surface area (TPSA) is 51.6 Å². The number of aliphatic hydroxyl groups excluding tert-OH is 1. The minimum Gasteiger partial charge on any atom is -0.489 e. The number of methoxy groups -OCH3 is 1. The van der Waals surface area contributed by atoms with Gasteiger partial charge in [0.05, 0.1) is 12.3 Å². The van der Waals surface area contributed by atoms with E-state index in [1.807, 2.05) is 6.07 Å². The molecule has 2 unspecified atom stereocenters. The van der Waals surface area contributed by atoms with Crippen LogP contribution in [0.5, 0.6) is 5.75 Å². The molecule has 1 saturated carbocycles. The molecule has 0 aromatic carbocycles. The van der Waals surface area contributed by atoms with Gasteiger partial charge in [0.15, 0.2) is 0 Å². The lowest BCUT2D eigenvalue weighted by Crippen LogP contribution is -2.29. The first-order chi connectivity index (χ1) is 9.31. The Hall–Kier alpha value is -1.57. The molecule has 19 heavy (non-hydrogen) atoms. The Balaban J connectivity index is 1.98. The van der Waals surface area contributed by atoms with Gasteiger partial charge in [-0.2, -0.15) is 0 Å². The van der Waals surface area contributed by atoms with Gasteiger partial charge in [0.1, 0.15) is 18.5 Å². The molecule has 1 N–H and O–H groups in total. The Morgan fingerprint density at radius 2 is 2.21 bits per heavy atom. The van der Waals surface area contributed by atoms with Gasteiger partial charge in [0, 0.05) is 25.3 Å². The molecule has 1 fully saturated rings. The summed E-state index contributed by atoms with van der Waals surface area (Å²) in [6.07, 6.45) is 8.03. The molecule has 2 rings (SSSR count). The second-order valence-corrected chi connectivity index (χ2v) is 4.63. The molecule has 0 spiro atoms. The fourth-order valence-electron chi connectivity index (χ4n) is 2.31. The van der Waals surface area contributed by atoms with Gasteiger partial charge < -0.3 is 14.6 Å². The second-order valence-electron chi connectivity index (χ2n) is 4.63. The van der Waals surface area contributed by atoms with Crippen molar-refractivity contribution in [2.45, 2.75) is 37.9 Å². The van der Waals surface area contributed by atoms with E-state index < -0.39 is 0 Å². The van der Waals surface area contributed by atoms with E-state index in [0.717, 1.165) is 37.0 Å². The molecule has 1 aromatic rings. The Kier molecular flexibility index (Phi) is 5.20. The van der Waals surface area contributed by atoms with E-state index in [2.05, 4.69) is 16.8 Å². The van der Waals surface area contributed by atoms with E-state index in [9.17, 15) is 0 Å². The lowest BCUT2D eigenvalue weighted by atomic mass is 9.95. The maximum Gasteiger partial charge on any atom is 0.139 e. The van der Waals surface area contributed by atoms with Crippen LogP contribution in [0.15, 0.2) is 18.5 Å². The molecule has 1 aromatic heterocycles. The van der Waals surface area contributed by atoms with Crippen molar-refractivity contribution in [3.63, 3.8) is 0 Å². The number of hydrogen-bond donors (Lipinski definition) is 1. The number of hydrogen-bond acceptors (Lipinski definition) is 4. The van der Waals surface area contributed by atoms with Gasteiger partial charge in [-0.1, -0.05) is 11.8 Å². The van der Waals surface area contributed by atoms with E-state index in [-0.39, 0.29) is 12.7 Å². The Bertz CT molecular complexity index is 464. The summed E-state index contributed by atoms with van der Waals surface area (Å²) in [4.78, 5) is 4.10. The van der Waals surface area contributed by atoms with Crippen LogP contribution < -0.4 is 4.74 Å². The molecule has 0 amide bonds. The summed E-state index contributed by atoms with van der Waals surface area (Å²) in [6.45, 7) is -0.150. The number of pyridine rings is 1. The third-order valence-electron chi connectivity index (χ3n) is 3.24. The third kappa shape index (κ3) is 4.23. The lowest BCUT2D eigenvalue weighted by molar-refractivity contribution is 0.0208. The van der Waals surface area contributed by atoms with E-state index in [4.69, 9.17) is 14.6 Å². The van der Waals surface area contributed by atoms with Crippen molar-refractivity contribution in [1.82, 2.24) is 4.98 Å². The number of rotatable bonds is 3. The summed E-state index contributed by atoms with van der Waals surface area (Å²) in [7, 11) is 1.75. The summed E-state index contributed by atoms with van der Waals surface area (Å²) in [5.41, 5.74) is 0.755. The number of ether oxygens (including phenoxy) is 2. The van der Waals surface area contributed by atoms with E-state index in [0.29, 0.717) is 6.10 Å². The van der Waals surface area contributed by atoms with E-state index in [1.54, 1.807) is 19.5 Å². The SMILES string of the molecule is COC1CCCC(Oc2cncc(C#CCO)c2)C1. The van der Waals surface area contributed by atoms with Crippen molar-refractivity contribution in [3.05, 3.63) is 24.0 Å². The molecular weight excluding hydrogens is 242 g/mol. The smallest absolute Gasteiger partial charge is 0.139 e. The predicted octanol–water partition coefficient (Wildman–Crippen LogP) is 1.76. The van der Waals surface area contributed by atoms with Crippen LogP contribution in [0.3, 0.4) is 0 Å². The maximum atomic E-state index is 8.68. The fourth-order valence-corrected chi connectivity index (χ4v) is 2.31. The third-order valence-corrected chi connectivity index (χ3v) is 3.24. The first-order valence-electron chi connectivity index (χ1n) is 6.56. The molecule has 1 aliphatic carbocycles. The maximum absolute atomic E-state index is 8.68. The van der Waals surface area contributed by atoms with Gasteiger partial charge in [-0.05, 0) is 25.3 Å². The van der Waals surface area contributed by atoms with Crippen LogP contribution >= 0.6 is 0 Å².